The van der Waals surface area contributed by atoms with Gasteiger partial charge in [-0.15, -0.1) is 0 Å². The van der Waals surface area contributed by atoms with Crippen molar-refractivity contribution in [2.24, 2.45) is 0 Å². The van der Waals surface area contributed by atoms with Crippen molar-refractivity contribution in [1.82, 2.24) is 4.90 Å². The first-order chi connectivity index (χ1) is 17.8. The molecular formula is C27H25ClFN3O5. The van der Waals surface area contributed by atoms with E-state index in [0.717, 1.165) is 5.69 Å². The highest BCUT2D eigenvalue weighted by atomic mass is 35.5. The molecule has 1 saturated heterocycles. The Morgan fingerprint density at radius 2 is 1.59 bits per heavy atom. The first-order valence-electron chi connectivity index (χ1n) is 11.5. The number of ether oxygens (including phenoxy) is 2. The third-order valence-corrected chi connectivity index (χ3v) is 6.33. The highest BCUT2D eigenvalue weighted by molar-refractivity contribution is 6.31. The van der Waals surface area contributed by atoms with Crippen LogP contribution in [-0.4, -0.2) is 63.1 Å². The van der Waals surface area contributed by atoms with Crippen LogP contribution in [-0.2, 0) is 19.1 Å². The first kappa shape index (κ1) is 26.0. The second-order valence-corrected chi connectivity index (χ2v) is 8.64. The van der Waals surface area contributed by atoms with E-state index < -0.39 is 17.8 Å². The van der Waals surface area contributed by atoms with Crippen molar-refractivity contribution in [3.8, 4) is 0 Å². The standard InChI is InChI=1S/C27H25ClFN3O5/c1-36-26(34)20-8-5-6-12-32(24(20)27(35)37-2)23-17-18(28)10-11-22(23)30-13-15-31(16-14-30)25(33)19-7-3-4-9-21(19)29/h3-12,17H,13-16H2,1-2H3. The third-order valence-electron chi connectivity index (χ3n) is 6.10. The highest BCUT2D eigenvalue weighted by Gasteiger charge is 2.31. The lowest BCUT2D eigenvalue weighted by Crippen LogP contribution is -2.49. The molecule has 0 bridgehead atoms. The number of nitrogens with zero attached hydrogens (tertiary/aromatic N) is 3. The number of methoxy groups -OCH3 is 2. The predicted molar refractivity (Wildman–Crippen MR) is 138 cm³/mol. The Morgan fingerprint density at radius 3 is 2.27 bits per heavy atom. The van der Waals surface area contributed by atoms with E-state index in [-0.39, 0.29) is 22.7 Å². The maximum absolute atomic E-state index is 14.1. The fourth-order valence-electron chi connectivity index (χ4n) is 4.26. The van der Waals surface area contributed by atoms with E-state index in [4.69, 9.17) is 21.1 Å². The van der Waals surface area contributed by atoms with Crippen molar-refractivity contribution in [3.05, 3.63) is 94.6 Å². The molecule has 1 amide bonds. The van der Waals surface area contributed by atoms with Gasteiger partial charge in [0.2, 0.25) is 0 Å². The summed E-state index contributed by atoms with van der Waals surface area (Å²) in [6.07, 6.45) is 6.40. The lowest BCUT2D eigenvalue weighted by atomic mass is 10.1. The van der Waals surface area contributed by atoms with E-state index in [1.807, 2.05) is 11.0 Å². The van der Waals surface area contributed by atoms with Crippen molar-refractivity contribution >= 4 is 40.8 Å². The zero-order valence-corrected chi connectivity index (χ0v) is 21.1. The van der Waals surface area contributed by atoms with Gasteiger partial charge in [-0.2, -0.15) is 0 Å². The molecule has 0 aliphatic carbocycles. The van der Waals surface area contributed by atoms with Gasteiger partial charge in [-0.3, -0.25) is 4.79 Å². The summed E-state index contributed by atoms with van der Waals surface area (Å²) in [6, 6.07) is 11.1. The van der Waals surface area contributed by atoms with E-state index in [1.165, 1.54) is 37.3 Å². The number of rotatable bonds is 5. The van der Waals surface area contributed by atoms with Crippen LogP contribution in [0.5, 0.6) is 0 Å². The van der Waals surface area contributed by atoms with Gasteiger partial charge >= 0.3 is 11.9 Å². The third kappa shape index (κ3) is 5.36. The summed E-state index contributed by atoms with van der Waals surface area (Å²) in [5, 5.41) is 0.418. The lowest BCUT2D eigenvalue weighted by Gasteiger charge is -2.38. The number of benzene rings is 2. The van der Waals surface area contributed by atoms with Gasteiger partial charge in [-0.1, -0.05) is 29.8 Å². The smallest absolute Gasteiger partial charge is 0.355 e. The fourth-order valence-corrected chi connectivity index (χ4v) is 4.43. The van der Waals surface area contributed by atoms with Crippen LogP contribution in [0.3, 0.4) is 0 Å². The summed E-state index contributed by atoms with van der Waals surface area (Å²) in [5.74, 6) is -2.36. The van der Waals surface area contributed by atoms with E-state index in [9.17, 15) is 18.8 Å². The normalized spacial score (nSPS) is 15.5. The highest BCUT2D eigenvalue weighted by Crippen LogP contribution is 2.37. The summed E-state index contributed by atoms with van der Waals surface area (Å²) in [5.41, 5.74) is 1.28. The van der Waals surface area contributed by atoms with Crippen molar-refractivity contribution in [2.45, 2.75) is 0 Å². The molecule has 2 aliphatic heterocycles. The number of amides is 1. The molecule has 2 aromatic rings. The quantitative estimate of drug-likeness (QED) is 0.547. The van der Waals surface area contributed by atoms with Gasteiger partial charge in [0, 0.05) is 37.4 Å². The second-order valence-electron chi connectivity index (χ2n) is 8.21. The van der Waals surface area contributed by atoms with E-state index in [1.54, 1.807) is 47.5 Å². The number of allylic oxidation sites excluding steroid dienone is 2. The average Bonchev–Trinajstić information content (AvgIpc) is 3.15. The summed E-state index contributed by atoms with van der Waals surface area (Å²) in [7, 11) is 2.46. The zero-order chi connectivity index (χ0) is 26.5. The van der Waals surface area contributed by atoms with Crippen LogP contribution in [0, 0.1) is 5.82 Å². The Hall–Kier alpha value is -4.11. The number of esters is 2. The summed E-state index contributed by atoms with van der Waals surface area (Å²) >= 11 is 6.35. The van der Waals surface area contributed by atoms with Gasteiger partial charge in [0.1, 0.15) is 11.5 Å². The minimum Gasteiger partial charge on any atom is -0.465 e. The molecule has 0 atom stereocenters. The van der Waals surface area contributed by atoms with Gasteiger partial charge in [-0.05, 0) is 42.5 Å². The molecule has 0 radical (unpaired) electrons. The summed E-state index contributed by atoms with van der Waals surface area (Å²) < 4.78 is 24.0. The zero-order valence-electron chi connectivity index (χ0n) is 20.3. The van der Waals surface area contributed by atoms with Crippen molar-refractivity contribution in [2.75, 3.05) is 50.2 Å². The van der Waals surface area contributed by atoms with Gasteiger partial charge < -0.3 is 24.2 Å². The molecule has 8 nitrogen and oxygen atoms in total. The molecule has 0 N–H and O–H groups in total. The summed E-state index contributed by atoms with van der Waals surface area (Å²) in [6.45, 7) is 1.62. The van der Waals surface area contributed by atoms with Crippen LogP contribution in [0.15, 0.2) is 78.2 Å². The number of hydrogen-bond acceptors (Lipinski definition) is 7. The molecule has 2 aromatic carbocycles. The van der Waals surface area contributed by atoms with Crippen molar-refractivity contribution in [3.63, 3.8) is 0 Å². The van der Waals surface area contributed by atoms with E-state index in [0.29, 0.717) is 36.9 Å². The summed E-state index contributed by atoms with van der Waals surface area (Å²) in [4.78, 5) is 43.4. The molecule has 1 fully saturated rings. The first-order valence-corrected chi connectivity index (χ1v) is 11.9. The van der Waals surface area contributed by atoms with Crippen LogP contribution in [0.1, 0.15) is 10.4 Å². The number of piperazine rings is 1. The van der Waals surface area contributed by atoms with Crippen molar-refractivity contribution < 1.29 is 28.2 Å². The molecule has 10 heteroatoms. The molecule has 2 heterocycles. The van der Waals surface area contributed by atoms with Crippen LogP contribution in [0.25, 0.3) is 0 Å². The second kappa shape index (κ2) is 11.3. The maximum Gasteiger partial charge on any atom is 0.355 e. The molecule has 0 saturated carbocycles. The Balaban J connectivity index is 1.67. The predicted octanol–water partition coefficient (Wildman–Crippen LogP) is 3.93. The molecule has 2 aliphatic rings. The topological polar surface area (TPSA) is 79.4 Å². The number of halogens is 2. The van der Waals surface area contributed by atoms with Gasteiger partial charge in [0.05, 0.1) is 36.7 Å². The number of hydrogen-bond donors (Lipinski definition) is 0. The number of carbonyl (C=O) groups is 3. The largest absolute Gasteiger partial charge is 0.465 e. The number of anilines is 2. The number of carbonyl (C=O) groups excluding carboxylic acids is 3. The Kier molecular flexibility index (Phi) is 7.93. The molecule has 0 spiro atoms. The molecule has 0 unspecified atom stereocenters. The molecule has 37 heavy (non-hydrogen) atoms. The minimum absolute atomic E-state index is 0.0191. The SMILES string of the molecule is COC(=O)C1=C(C(=O)OC)N(c2cc(Cl)ccc2N2CCN(C(=O)c3ccccc3F)CC2)C=CC=C1. The fraction of sp³-hybridized carbons (Fsp3) is 0.222. The molecular weight excluding hydrogens is 501 g/mol. The van der Waals surface area contributed by atoms with Gasteiger partial charge in [-0.25, -0.2) is 14.0 Å². The average molecular weight is 526 g/mol. The van der Waals surface area contributed by atoms with Crippen LogP contribution in [0.4, 0.5) is 15.8 Å². The van der Waals surface area contributed by atoms with Crippen LogP contribution >= 0.6 is 11.6 Å². The molecule has 4 rings (SSSR count). The molecule has 0 aromatic heterocycles. The monoisotopic (exact) mass is 525 g/mol. The van der Waals surface area contributed by atoms with Crippen LogP contribution < -0.4 is 9.80 Å². The molecule has 192 valence electrons. The Labute approximate surface area is 218 Å². The maximum atomic E-state index is 14.1. The van der Waals surface area contributed by atoms with Gasteiger partial charge in [0.25, 0.3) is 5.91 Å². The van der Waals surface area contributed by atoms with Crippen LogP contribution in [0.2, 0.25) is 5.02 Å². The lowest BCUT2D eigenvalue weighted by molar-refractivity contribution is -0.139. The minimum atomic E-state index is -0.733. The van der Waals surface area contributed by atoms with E-state index >= 15 is 0 Å². The Bertz CT molecular complexity index is 1310. The van der Waals surface area contributed by atoms with E-state index in [2.05, 4.69) is 0 Å². The van der Waals surface area contributed by atoms with Crippen molar-refractivity contribution in [1.29, 1.82) is 0 Å². The Morgan fingerprint density at radius 1 is 0.892 bits per heavy atom. The van der Waals surface area contributed by atoms with Gasteiger partial charge in [0.15, 0.2) is 0 Å².